The fraction of sp³-hybridized carbons (Fsp3) is 0.250. The number of nitrogens with one attached hydrogen (secondary N) is 1. The summed E-state index contributed by atoms with van der Waals surface area (Å²) in [6.07, 6.45) is 9.36. The number of nitrogens with zero attached hydrogens (tertiary/aromatic N) is 1. The first kappa shape index (κ1) is 21.3. The van der Waals surface area contributed by atoms with Crippen LogP contribution < -0.4 is 5.32 Å². The van der Waals surface area contributed by atoms with Gasteiger partial charge in [-0.1, -0.05) is 57.2 Å². The van der Waals surface area contributed by atoms with Crippen molar-refractivity contribution >= 4 is 11.6 Å². The Balaban J connectivity index is 2.09. The van der Waals surface area contributed by atoms with Crippen LogP contribution in [-0.4, -0.2) is 10.9 Å². The van der Waals surface area contributed by atoms with Crippen LogP contribution >= 0.6 is 0 Å². The summed E-state index contributed by atoms with van der Waals surface area (Å²) in [6, 6.07) is 10.8. The average molecular weight is 378 g/mol. The Morgan fingerprint density at radius 2 is 1.93 bits per heavy atom. The monoisotopic (exact) mass is 378 g/mol. The van der Waals surface area contributed by atoms with Crippen molar-refractivity contribution in [3.05, 3.63) is 96.1 Å². The van der Waals surface area contributed by atoms with Crippen LogP contribution in [0.15, 0.2) is 79.1 Å². The summed E-state index contributed by atoms with van der Waals surface area (Å²) in [5, 5.41) is 2.91. The van der Waals surface area contributed by atoms with Crippen LogP contribution in [0.3, 0.4) is 0 Å². The Morgan fingerprint density at radius 3 is 2.54 bits per heavy atom. The van der Waals surface area contributed by atoms with Gasteiger partial charge >= 0.3 is 0 Å². The van der Waals surface area contributed by atoms with Crippen molar-refractivity contribution < 1.29 is 9.18 Å². The molecule has 4 heteroatoms. The van der Waals surface area contributed by atoms with Crippen molar-refractivity contribution in [3.63, 3.8) is 0 Å². The Kier molecular flexibility index (Phi) is 7.44. The number of carbonyl (C=O) groups is 1. The SMILES string of the molecule is C=CC/C=C(\C=C/Cc1ncccc1F)C(=O)Nc1ccc(C(C)(C)C)cc1. The molecule has 3 nitrogen and oxygen atoms in total. The third-order valence-electron chi connectivity index (χ3n) is 4.22. The van der Waals surface area contributed by atoms with Gasteiger partial charge in [-0.3, -0.25) is 9.78 Å². The molecule has 0 saturated heterocycles. The molecule has 1 amide bonds. The van der Waals surface area contributed by atoms with Crippen molar-refractivity contribution in [2.24, 2.45) is 0 Å². The summed E-state index contributed by atoms with van der Waals surface area (Å²) in [4.78, 5) is 16.7. The number of carbonyl (C=O) groups excluding carboxylic acids is 1. The van der Waals surface area contributed by atoms with Crippen LogP contribution in [0.2, 0.25) is 0 Å². The third-order valence-corrected chi connectivity index (χ3v) is 4.22. The number of benzene rings is 1. The second kappa shape index (κ2) is 9.79. The van der Waals surface area contributed by atoms with E-state index >= 15 is 0 Å². The molecule has 146 valence electrons. The lowest BCUT2D eigenvalue weighted by atomic mass is 9.87. The Hall–Kier alpha value is -3.01. The second-order valence-corrected chi connectivity index (χ2v) is 7.50. The molecule has 28 heavy (non-hydrogen) atoms. The van der Waals surface area contributed by atoms with E-state index in [0.717, 1.165) is 5.69 Å². The second-order valence-electron chi connectivity index (χ2n) is 7.50. The average Bonchev–Trinajstić information content (AvgIpc) is 2.65. The molecule has 0 spiro atoms. The topological polar surface area (TPSA) is 42.0 Å². The summed E-state index contributed by atoms with van der Waals surface area (Å²) >= 11 is 0. The minimum Gasteiger partial charge on any atom is -0.322 e. The Labute approximate surface area is 166 Å². The quantitative estimate of drug-likeness (QED) is 0.378. The first-order chi connectivity index (χ1) is 13.3. The summed E-state index contributed by atoms with van der Waals surface area (Å²) in [7, 11) is 0. The lowest BCUT2D eigenvalue weighted by Gasteiger charge is -2.19. The van der Waals surface area contributed by atoms with Crippen LogP contribution in [0.25, 0.3) is 0 Å². The molecule has 0 radical (unpaired) electrons. The molecule has 0 unspecified atom stereocenters. The van der Waals surface area contributed by atoms with E-state index in [9.17, 15) is 9.18 Å². The first-order valence-corrected chi connectivity index (χ1v) is 9.30. The normalized spacial score (nSPS) is 12.2. The molecule has 1 heterocycles. The van der Waals surface area contributed by atoms with Gasteiger partial charge in [0.25, 0.3) is 5.91 Å². The van der Waals surface area contributed by atoms with Gasteiger partial charge in [0.15, 0.2) is 0 Å². The lowest BCUT2D eigenvalue weighted by molar-refractivity contribution is -0.112. The molecule has 0 aliphatic rings. The first-order valence-electron chi connectivity index (χ1n) is 9.30. The Morgan fingerprint density at radius 1 is 1.21 bits per heavy atom. The minimum atomic E-state index is -0.354. The molecule has 0 saturated carbocycles. The number of aromatic nitrogens is 1. The Bertz CT molecular complexity index is 874. The number of hydrogen-bond donors (Lipinski definition) is 1. The van der Waals surface area contributed by atoms with Crippen LogP contribution in [0.1, 0.15) is 38.4 Å². The molecule has 0 bridgehead atoms. The van der Waals surface area contributed by atoms with Crippen molar-refractivity contribution in [1.82, 2.24) is 4.98 Å². The van der Waals surface area contributed by atoms with Gasteiger partial charge < -0.3 is 5.32 Å². The van der Waals surface area contributed by atoms with Gasteiger partial charge in [-0.25, -0.2) is 4.39 Å². The fourth-order valence-corrected chi connectivity index (χ4v) is 2.57. The highest BCUT2D eigenvalue weighted by molar-refractivity contribution is 6.05. The number of rotatable bonds is 7. The molecule has 2 aromatic rings. The third kappa shape index (κ3) is 6.31. The number of amides is 1. The molecule has 0 aliphatic heterocycles. The van der Waals surface area contributed by atoms with E-state index in [2.05, 4.69) is 37.7 Å². The van der Waals surface area contributed by atoms with E-state index in [4.69, 9.17) is 0 Å². The molecular weight excluding hydrogens is 351 g/mol. The minimum absolute atomic E-state index is 0.0566. The summed E-state index contributed by atoms with van der Waals surface area (Å²) in [5.74, 6) is -0.574. The molecule has 0 atom stereocenters. The van der Waals surface area contributed by atoms with Gasteiger partial charge in [0.1, 0.15) is 5.82 Å². The molecule has 2 rings (SSSR count). The zero-order chi connectivity index (χ0) is 20.6. The predicted octanol–water partition coefficient (Wildman–Crippen LogP) is 5.76. The molecule has 0 aliphatic carbocycles. The molecule has 0 fully saturated rings. The lowest BCUT2D eigenvalue weighted by Crippen LogP contribution is -2.14. The predicted molar refractivity (Wildman–Crippen MR) is 114 cm³/mol. The smallest absolute Gasteiger partial charge is 0.255 e. The number of halogens is 1. The number of hydrogen-bond acceptors (Lipinski definition) is 2. The summed E-state index contributed by atoms with van der Waals surface area (Å²) < 4.78 is 13.7. The van der Waals surface area contributed by atoms with Crippen molar-refractivity contribution in [2.45, 2.75) is 39.0 Å². The van der Waals surface area contributed by atoms with E-state index < -0.39 is 0 Å². The number of anilines is 1. The molecule has 1 aromatic heterocycles. The van der Waals surface area contributed by atoms with Crippen LogP contribution in [-0.2, 0) is 16.6 Å². The maximum Gasteiger partial charge on any atom is 0.255 e. The number of allylic oxidation sites excluding steroid dienone is 3. The van der Waals surface area contributed by atoms with E-state index in [1.807, 2.05) is 24.3 Å². The van der Waals surface area contributed by atoms with Crippen LogP contribution in [0.4, 0.5) is 10.1 Å². The molecule has 1 aromatic carbocycles. The number of pyridine rings is 1. The van der Waals surface area contributed by atoms with Crippen molar-refractivity contribution in [1.29, 1.82) is 0 Å². The van der Waals surface area contributed by atoms with Crippen molar-refractivity contribution in [2.75, 3.05) is 5.32 Å². The van der Waals surface area contributed by atoms with E-state index in [0.29, 0.717) is 24.1 Å². The summed E-state index contributed by atoms with van der Waals surface area (Å²) in [6.45, 7) is 10.1. The van der Waals surface area contributed by atoms with E-state index in [1.54, 1.807) is 36.6 Å². The van der Waals surface area contributed by atoms with Gasteiger partial charge in [-0.2, -0.15) is 0 Å². The van der Waals surface area contributed by atoms with Gasteiger partial charge in [0.2, 0.25) is 0 Å². The highest BCUT2D eigenvalue weighted by atomic mass is 19.1. The standard InChI is InChI=1S/C24H27FN2O/c1-5-6-9-18(10-7-12-22-21(25)11-8-17-26-22)23(28)27-20-15-13-19(14-16-20)24(2,3)4/h5,7-11,13-17H,1,6,12H2,2-4H3,(H,27,28)/b10-7-,18-9+. The van der Waals surface area contributed by atoms with E-state index in [-0.39, 0.29) is 17.1 Å². The molecular formula is C24H27FN2O. The largest absolute Gasteiger partial charge is 0.322 e. The zero-order valence-corrected chi connectivity index (χ0v) is 16.7. The highest BCUT2D eigenvalue weighted by Crippen LogP contribution is 2.23. The zero-order valence-electron chi connectivity index (χ0n) is 16.7. The van der Waals surface area contributed by atoms with Crippen molar-refractivity contribution in [3.8, 4) is 0 Å². The maximum atomic E-state index is 13.7. The molecule has 1 N–H and O–H groups in total. The maximum absolute atomic E-state index is 13.7. The summed E-state index contributed by atoms with van der Waals surface area (Å²) in [5.41, 5.74) is 2.83. The fourth-order valence-electron chi connectivity index (χ4n) is 2.57. The van der Waals surface area contributed by atoms with Gasteiger partial charge in [-0.15, -0.1) is 6.58 Å². The van der Waals surface area contributed by atoms with E-state index in [1.165, 1.54) is 11.6 Å². The van der Waals surface area contributed by atoms with Gasteiger partial charge in [0.05, 0.1) is 5.69 Å². The van der Waals surface area contributed by atoms with Gasteiger partial charge in [0, 0.05) is 23.9 Å². The highest BCUT2D eigenvalue weighted by Gasteiger charge is 2.13. The van der Waals surface area contributed by atoms with Crippen LogP contribution in [0.5, 0.6) is 0 Å². The van der Waals surface area contributed by atoms with Gasteiger partial charge in [-0.05, 0) is 41.7 Å². The van der Waals surface area contributed by atoms with Crippen LogP contribution in [0, 0.1) is 5.82 Å².